The van der Waals surface area contributed by atoms with Crippen LogP contribution in [0.5, 0.6) is 0 Å². The molecule has 1 fully saturated rings. The molecule has 0 unspecified atom stereocenters. The van der Waals surface area contributed by atoms with Crippen LogP contribution < -0.4 is 5.56 Å². The number of thiophene rings is 1. The van der Waals surface area contributed by atoms with Crippen LogP contribution in [-0.4, -0.2) is 30.1 Å². The predicted octanol–water partition coefficient (Wildman–Crippen LogP) is 5.54. The average Bonchev–Trinajstić information content (AvgIpc) is 3.60. The molecular formula is C26H32N6OS. The molecule has 34 heavy (non-hydrogen) atoms. The van der Waals surface area contributed by atoms with Crippen molar-refractivity contribution in [2.24, 2.45) is 0 Å². The lowest BCUT2D eigenvalue weighted by molar-refractivity contribution is 0.154. The summed E-state index contributed by atoms with van der Waals surface area (Å²) in [6.07, 6.45) is 6.66. The smallest absolute Gasteiger partial charge is 0.252 e. The predicted molar refractivity (Wildman–Crippen MR) is 136 cm³/mol. The second kappa shape index (κ2) is 10.2. The first-order chi connectivity index (χ1) is 16.6. The van der Waals surface area contributed by atoms with Crippen molar-refractivity contribution < 1.29 is 0 Å². The van der Waals surface area contributed by atoms with Crippen molar-refractivity contribution in [3.63, 3.8) is 0 Å². The largest absolute Gasteiger partial charge is 0.322 e. The number of H-pyrrole nitrogens is 1. The van der Waals surface area contributed by atoms with E-state index in [4.69, 9.17) is 0 Å². The van der Waals surface area contributed by atoms with E-state index in [-0.39, 0.29) is 11.6 Å². The lowest BCUT2D eigenvalue weighted by Gasteiger charge is -2.31. The molecule has 3 heterocycles. The van der Waals surface area contributed by atoms with Gasteiger partial charge in [0.25, 0.3) is 5.56 Å². The van der Waals surface area contributed by atoms with Crippen LogP contribution >= 0.6 is 11.3 Å². The molecule has 0 saturated heterocycles. The monoisotopic (exact) mass is 476 g/mol. The second-order valence-corrected chi connectivity index (χ2v) is 10.5. The van der Waals surface area contributed by atoms with Crippen LogP contribution in [-0.2, 0) is 13.1 Å². The average molecular weight is 477 g/mol. The minimum atomic E-state index is -0.0295. The maximum absolute atomic E-state index is 13.1. The van der Waals surface area contributed by atoms with E-state index in [0.29, 0.717) is 12.6 Å². The minimum absolute atomic E-state index is 0.0295. The van der Waals surface area contributed by atoms with Crippen LogP contribution in [0, 0.1) is 6.92 Å². The molecule has 8 heteroatoms. The SMILES string of the molecule is CCC[C@@H](c1nnnn1C1CCCC1)N(Cc1cccs1)Cc1cc2cc(C)ccc2[nH]c1=O. The van der Waals surface area contributed by atoms with Crippen molar-refractivity contribution >= 4 is 22.2 Å². The van der Waals surface area contributed by atoms with Crippen molar-refractivity contribution in [1.82, 2.24) is 30.1 Å². The summed E-state index contributed by atoms with van der Waals surface area (Å²) in [7, 11) is 0. The number of aromatic nitrogens is 5. The number of fused-ring (bicyclic) bond motifs is 1. The highest BCUT2D eigenvalue weighted by molar-refractivity contribution is 7.09. The van der Waals surface area contributed by atoms with Gasteiger partial charge in [0.05, 0.1) is 12.1 Å². The Bertz CT molecular complexity index is 1290. The van der Waals surface area contributed by atoms with Crippen molar-refractivity contribution in [1.29, 1.82) is 0 Å². The highest BCUT2D eigenvalue weighted by atomic mass is 32.1. The summed E-state index contributed by atoms with van der Waals surface area (Å²) < 4.78 is 2.07. The molecule has 178 valence electrons. The fraction of sp³-hybridized carbons (Fsp3) is 0.462. The summed E-state index contributed by atoms with van der Waals surface area (Å²) in [5, 5.41) is 16.2. The molecule has 0 radical (unpaired) electrons. The molecule has 1 aliphatic rings. The molecule has 4 aromatic rings. The summed E-state index contributed by atoms with van der Waals surface area (Å²) in [5.74, 6) is 0.929. The summed E-state index contributed by atoms with van der Waals surface area (Å²) in [5.41, 5.74) is 2.80. The second-order valence-electron chi connectivity index (χ2n) is 9.42. The Hall–Kier alpha value is -2.84. The van der Waals surface area contributed by atoms with Gasteiger partial charge in [-0.2, -0.15) is 0 Å². The fourth-order valence-electron chi connectivity index (χ4n) is 5.16. The quantitative estimate of drug-likeness (QED) is 0.343. The summed E-state index contributed by atoms with van der Waals surface area (Å²) in [6.45, 7) is 5.57. The molecule has 1 aromatic carbocycles. The van der Waals surface area contributed by atoms with E-state index < -0.39 is 0 Å². The maximum atomic E-state index is 13.1. The molecule has 3 aromatic heterocycles. The molecule has 1 atom stereocenters. The molecule has 1 N–H and O–H groups in total. The van der Waals surface area contributed by atoms with Crippen molar-refractivity contribution in [3.05, 3.63) is 74.0 Å². The standard InChI is InChI=1S/C26H32N6OS/c1-3-7-24(25-28-29-30-32(25)21-8-4-5-9-21)31(17-22-10-6-13-34-22)16-20-15-19-14-18(2)11-12-23(19)27-26(20)33/h6,10-15,21,24H,3-5,7-9,16-17H2,1-2H3,(H,27,33)/t24-/m0/s1. The number of nitrogens with zero attached hydrogens (tertiary/aromatic N) is 5. The van der Waals surface area contributed by atoms with E-state index in [2.05, 4.69) is 67.5 Å². The molecule has 1 saturated carbocycles. The van der Waals surface area contributed by atoms with Crippen LogP contribution in [0.25, 0.3) is 10.9 Å². The van der Waals surface area contributed by atoms with Gasteiger partial charge in [-0.1, -0.05) is 43.9 Å². The van der Waals surface area contributed by atoms with Crippen LogP contribution in [0.15, 0.2) is 46.6 Å². The lowest BCUT2D eigenvalue weighted by Crippen LogP contribution is -2.33. The topological polar surface area (TPSA) is 79.7 Å². The van der Waals surface area contributed by atoms with Crippen LogP contribution in [0.3, 0.4) is 0 Å². The Morgan fingerprint density at radius 2 is 2.06 bits per heavy atom. The highest BCUT2D eigenvalue weighted by Gasteiger charge is 2.30. The molecular weight excluding hydrogens is 444 g/mol. The van der Waals surface area contributed by atoms with Gasteiger partial charge in [0.2, 0.25) is 0 Å². The van der Waals surface area contributed by atoms with Crippen LogP contribution in [0.4, 0.5) is 0 Å². The number of aryl methyl sites for hydroxylation is 1. The van der Waals surface area contributed by atoms with Crippen LogP contribution in [0.2, 0.25) is 0 Å². The van der Waals surface area contributed by atoms with Gasteiger partial charge in [0, 0.05) is 29.0 Å². The zero-order valence-corrected chi connectivity index (χ0v) is 20.7. The van der Waals surface area contributed by atoms with E-state index in [0.717, 1.165) is 54.5 Å². The van der Waals surface area contributed by atoms with E-state index >= 15 is 0 Å². The number of hydrogen-bond donors (Lipinski definition) is 1. The first-order valence-corrected chi connectivity index (χ1v) is 13.2. The number of aromatic amines is 1. The Kier molecular flexibility index (Phi) is 6.87. The lowest BCUT2D eigenvalue weighted by atomic mass is 10.1. The first kappa shape index (κ1) is 22.9. The number of benzene rings is 1. The molecule has 0 amide bonds. The normalized spacial score (nSPS) is 15.5. The van der Waals surface area contributed by atoms with Gasteiger partial charge in [-0.3, -0.25) is 9.69 Å². The third-order valence-electron chi connectivity index (χ3n) is 6.88. The molecule has 5 rings (SSSR count). The van der Waals surface area contributed by atoms with Gasteiger partial charge >= 0.3 is 0 Å². The van der Waals surface area contributed by atoms with Gasteiger partial charge in [-0.15, -0.1) is 16.4 Å². The first-order valence-electron chi connectivity index (χ1n) is 12.3. The van der Waals surface area contributed by atoms with Crippen molar-refractivity contribution in [2.75, 3.05) is 0 Å². The Morgan fingerprint density at radius 1 is 1.21 bits per heavy atom. The third-order valence-corrected chi connectivity index (χ3v) is 7.74. The van der Waals surface area contributed by atoms with Gasteiger partial charge < -0.3 is 4.98 Å². The number of pyridine rings is 1. The van der Waals surface area contributed by atoms with Gasteiger partial charge in [-0.25, -0.2) is 4.68 Å². The zero-order valence-electron chi connectivity index (χ0n) is 19.9. The molecule has 0 bridgehead atoms. The Balaban J connectivity index is 1.54. The highest BCUT2D eigenvalue weighted by Crippen LogP contribution is 2.34. The third kappa shape index (κ3) is 4.83. The van der Waals surface area contributed by atoms with Gasteiger partial charge in [-0.05, 0) is 71.6 Å². The number of rotatable bonds is 9. The summed E-state index contributed by atoms with van der Waals surface area (Å²) in [6, 6.07) is 12.8. The zero-order chi connectivity index (χ0) is 23.5. The number of hydrogen-bond acceptors (Lipinski definition) is 6. The molecule has 1 aliphatic carbocycles. The summed E-state index contributed by atoms with van der Waals surface area (Å²) in [4.78, 5) is 19.8. The summed E-state index contributed by atoms with van der Waals surface area (Å²) >= 11 is 1.75. The van der Waals surface area contributed by atoms with Crippen molar-refractivity contribution in [2.45, 2.75) is 77.5 Å². The number of nitrogens with one attached hydrogen (secondary N) is 1. The van der Waals surface area contributed by atoms with E-state index in [1.54, 1.807) is 11.3 Å². The minimum Gasteiger partial charge on any atom is -0.322 e. The molecule has 0 spiro atoms. The van der Waals surface area contributed by atoms with Crippen molar-refractivity contribution in [3.8, 4) is 0 Å². The molecule has 7 nitrogen and oxygen atoms in total. The Morgan fingerprint density at radius 3 is 2.82 bits per heavy atom. The van der Waals surface area contributed by atoms with Gasteiger partial charge in [0.1, 0.15) is 0 Å². The van der Waals surface area contributed by atoms with E-state index in [1.165, 1.54) is 23.3 Å². The fourth-order valence-corrected chi connectivity index (χ4v) is 5.89. The van der Waals surface area contributed by atoms with Gasteiger partial charge in [0.15, 0.2) is 5.82 Å². The van der Waals surface area contributed by atoms with Crippen LogP contribution in [0.1, 0.15) is 79.4 Å². The van der Waals surface area contributed by atoms with E-state index in [9.17, 15) is 4.79 Å². The Labute approximate surface area is 203 Å². The molecule has 0 aliphatic heterocycles. The van der Waals surface area contributed by atoms with E-state index in [1.807, 2.05) is 18.2 Å². The number of tetrazole rings is 1. The maximum Gasteiger partial charge on any atom is 0.252 e.